The maximum Gasteiger partial charge on any atom is 0.314 e. The SMILES string of the molecule is COc1ccc(CCNC(=O)NC[C@@](C)(O)c2ccc3c(c2)OCO3)cc1. The number of rotatable bonds is 7. The highest BCUT2D eigenvalue weighted by Gasteiger charge is 2.26. The van der Waals surface area contributed by atoms with E-state index in [1.54, 1.807) is 32.2 Å². The molecule has 0 aliphatic carbocycles. The van der Waals surface area contributed by atoms with Gasteiger partial charge in [-0.25, -0.2) is 4.79 Å². The average molecular weight is 372 g/mol. The molecule has 144 valence electrons. The van der Waals surface area contributed by atoms with Crippen molar-refractivity contribution in [3.63, 3.8) is 0 Å². The maximum atomic E-state index is 12.0. The highest BCUT2D eigenvalue weighted by molar-refractivity contribution is 5.73. The molecule has 7 nitrogen and oxygen atoms in total. The fourth-order valence-electron chi connectivity index (χ4n) is 2.76. The Hall–Kier alpha value is -2.93. The molecule has 2 amide bonds. The third-order valence-corrected chi connectivity index (χ3v) is 4.45. The van der Waals surface area contributed by atoms with Crippen LogP contribution in [-0.4, -0.2) is 38.1 Å². The zero-order valence-electron chi connectivity index (χ0n) is 15.5. The summed E-state index contributed by atoms with van der Waals surface area (Å²) in [7, 11) is 1.62. The lowest BCUT2D eigenvalue weighted by atomic mass is 9.95. The van der Waals surface area contributed by atoms with E-state index in [1.807, 2.05) is 24.3 Å². The first-order valence-corrected chi connectivity index (χ1v) is 8.75. The molecule has 27 heavy (non-hydrogen) atoms. The van der Waals surface area contributed by atoms with Crippen LogP contribution in [0.4, 0.5) is 4.79 Å². The normalized spacial score (nSPS) is 14.3. The first-order chi connectivity index (χ1) is 13.0. The van der Waals surface area contributed by atoms with Crippen LogP contribution in [0.2, 0.25) is 0 Å². The predicted octanol–water partition coefficient (Wildman–Crippen LogP) is 2.17. The number of aliphatic hydroxyl groups is 1. The number of urea groups is 1. The Labute approximate surface area is 158 Å². The zero-order chi connectivity index (χ0) is 19.3. The summed E-state index contributed by atoms with van der Waals surface area (Å²) in [5.41, 5.74) is 0.516. The van der Waals surface area contributed by atoms with Crippen LogP contribution in [0.1, 0.15) is 18.1 Å². The standard InChI is InChI=1S/C20H24N2O5/c1-20(24,15-5-8-17-18(11-15)27-13-26-17)12-22-19(23)21-10-9-14-3-6-16(25-2)7-4-14/h3-8,11,24H,9-10,12-13H2,1-2H3,(H2,21,22,23)/t20-/m1/s1. The molecule has 0 unspecified atom stereocenters. The van der Waals surface area contributed by atoms with E-state index in [1.165, 1.54) is 0 Å². The number of benzene rings is 2. The van der Waals surface area contributed by atoms with Crippen LogP contribution in [-0.2, 0) is 12.0 Å². The lowest BCUT2D eigenvalue weighted by molar-refractivity contribution is 0.0592. The van der Waals surface area contributed by atoms with Gasteiger partial charge < -0.3 is 30.0 Å². The quantitative estimate of drug-likeness (QED) is 0.693. The monoisotopic (exact) mass is 372 g/mol. The third kappa shape index (κ3) is 4.83. The van der Waals surface area contributed by atoms with Gasteiger partial charge >= 0.3 is 6.03 Å². The molecule has 0 radical (unpaired) electrons. The second kappa shape index (κ2) is 8.18. The number of carbonyl (C=O) groups excluding carboxylic acids is 1. The molecule has 7 heteroatoms. The predicted molar refractivity (Wildman–Crippen MR) is 100 cm³/mol. The molecule has 3 N–H and O–H groups in total. The Bertz CT molecular complexity index is 789. The summed E-state index contributed by atoms with van der Waals surface area (Å²) in [5.74, 6) is 2.05. The summed E-state index contributed by atoms with van der Waals surface area (Å²) >= 11 is 0. The van der Waals surface area contributed by atoms with Crippen LogP contribution in [0.5, 0.6) is 17.2 Å². The van der Waals surface area contributed by atoms with Crippen LogP contribution < -0.4 is 24.8 Å². The van der Waals surface area contributed by atoms with E-state index >= 15 is 0 Å². The number of carbonyl (C=O) groups is 1. The Morgan fingerprint density at radius 1 is 1.15 bits per heavy atom. The molecule has 1 heterocycles. The summed E-state index contributed by atoms with van der Waals surface area (Å²) < 4.78 is 15.7. The fraction of sp³-hybridized carbons (Fsp3) is 0.350. The Balaban J connectivity index is 1.45. The van der Waals surface area contributed by atoms with Gasteiger partial charge in [-0.2, -0.15) is 0 Å². The number of ether oxygens (including phenoxy) is 3. The highest BCUT2D eigenvalue weighted by atomic mass is 16.7. The Kier molecular flexibility index (Phi) is 5.71. The molecule has 3 rings (SSSR count). The van der Waals surface area contributed by atoms with Gasteiger partial charge in [0.05, 0.1) is 13.7 Å². The first kappa shape index (κ1) is 18.8. The average Bonchev–Trinajstić information content (AvgIpc) is 3.15. The smallest absolute Gasteiger partial charge is 0.314 e. The lowest BCUT2D eigenvalue weighted by Gasteiger charge is -2.24. The molecule has 2 aromatic carbocycles. The molecule has 1 atom stereocenters. The van der Waals surface area contributed by atoms with Gasteiger partial charge in [-0.05, 0) is 48.7 Å². The van der Waals surface area contributed by atoms with Crippen molar-refractivity contribution in [1.29, 1.82) is 0 Å². The maximum absolute atomic E-state index is 12.0. The topological polar surface area (TPSA) is 89.1 Å². The van der Waals surface area contributed by atoms with E-state index in [9.17, 15) is 9.90 Å². The molecule has 0 saturated carbocycles. The van der Waals surface area contributed by atoms with Gasteiger partial charge in [0, 0.05) is 6.54 Å². The fourth-order valence-corrected chi connectivity index (χ4v) is 2.76. The number of nitrogens with one attached hydrogen (secondary N) is 2. The molecule has 0 aromatic heterocycles. The van der Waals surface area contributed by atoms with E-state index in [2.05, 4.69) is 10.6 Å². The summed E-state index contributed by atoms with van der Waals surface area (Å²) in [6.07, 6.45) is 0.704. The lowest BCUT2D eigenvalue weighted by Crippen LogP contribution is -2.43. The van der Waals surface area contributed by atoms with Crippen LogP contribution in [0, 0.1) is 0 Å². The molecular formula is C20H24N2O5. The molecule has 0 fully saturated rings. The van der Waals surface area contributed by atoms with Crippen LogP contribution in [0.25, 0.3) is 0 Å². The minimum atomic E-state index is -1.23. The van der Waals surface area contributed by atoms with Gasteiger partial charge in [0.25, 0.3) is 0 Å². The largest absolute Gasteiger partial charge is 0.497 e. The van der Waals surface area contributed by atoms with Crippen LogP contribution in [0.3, 0.4) is 0 Å². The summed E-state index contributed by atoms with van der Waals surface area (Å²) in [6, 6.07) is 12.6. The number of hydrogen-bond acceptors (Lipinski definition) is 5. The van der Waals surface area contributed by atoms with Crippen LogP contribution in [0.15, 0.2) is 42.5 Å². The van der Waals surface area contributed by atoms with Crippen molar-refractivity contribution in [3.05, 3.63) is 53.6 Å². The van der Waals surface area contributed by atoms with Gasteiger partial charge in [-0.3, -0.25) is 0 Å². The second-order valence-corrected chi connectivity index (χ2v) is 6.55. The number of hydrogen-bond donors (Lipinski definition) is 3. The molecule has 1 aliphatic heterocycles. The van der Waals surface area contributed by atoms with E-state index in [0.29, 0.717) is 30.0 Å². The highest BCUT2D eigenvalue weighted by Crippen LogP contribution is 2.35. The van der Waals surface area contributed by atoms with Crippen molar-refractivity contribution in [1.82, 2.24) is 10.6 Å². The van der Waals surface area contributed by atoms with Gasteiger partial charge in [0.2, 0.25) is 6.79 Å². The van der Waals surface area contributed by atoms with Crippen LogP contribution >= 0.6 is 0 Å². The molecule has 0 bridgehead atoms. The van der Waals surface area contributed by atoms with Gasteiger partial charge in [0.15, 0.2) is 11.5 Å². The molecule has 0 spiro atoms. The van der Waals surface area contributed by atoms with Gasteiger partial charge in [-0.15, -0.1) is 0 Å². The van der Waals surface area contributed by atoms with E-state index < -0.39 is 5.60 Å². The van der Waals surface area contributed by atoms with Crippen molar-refractivity contribution in [2.75, 3.05) is 27.0 Å². The summed E-state index contributed by atoms with van der Waals surface area (Å²) in [6.45, 7) is 2.38. The molecule has 0 saturated heterocycles. The van der Waals surface area contributed by atoms with E-state index in [4.69, 9.17) is 14.2 Å². The van der Waals surface area contributed by atoms with Gasteiger partial charge in [-0.1, -0.05) is 18.2 Å². The van der Waals surface area contributed by atoms with Crippen molar-refractivity contribution < 1.29 is 24.1 Å². The van der Waals surface area contributed by atoms with Gasteiger partial charge in [0.1, 0.15) is 11.4 Å². The van der Waals surface area contributed by atoms with E-state index in [-0.39, 0.29) is 19.4 Å². The zero-order valence-corrected chi connectivity index (χ0v) is 15.5. The number of fused-ring (bicyclic) bond motifs is 1. The van der Waals surface area contributed by atoms with Crippen molar-refractivity contribution in [3.8, 4) is 17.2 Å². The van der Waals surface area contributed by atoms with Crippen molar-refractivity contribution in [2.45, 2.75) is 18.9 Å². The Morgan fingerprint density at radius 2 is 1.89 bits per heavy atom. The minimum absolute atomic E-state index is 0.0704. The number of amides is 2. The van der Waals surface area contributed by atoms with Crippen molar-refractivity contribution >= 4 is 6.03 Å². The molecular weight excluding hydrogens is 348 g/mol. The summed E-state index contributed by atoms with van der Waals surface area (Å²) in [4.78, 5) is 12.0. The second-order valence-electron chi connectivity index (χ2n) is 6.55. The molecule has 2 aromatic rings. The first-order valence-electron chi connectivity index (χ1n) is 8.75. The molecule has 1 aliphatic rings. The number of methoxy groups -OCH3 is 1. The van der Waals surface area contributed by atoms with Crippen molar-refractivity contribution in [2.24, 2.45) is 0 Å². The summed E-state index contributed by atoms with van der Waals surface area (Å²) in [5, 5.41) is 16.2. The Morgan fingerprint density at radius 3 is 2.63 bits per heavy atom. The third-order valence-electron chi connectivity index (χ3n) is 4.45. The minimum Gasteiger partial charge on any atom is -0.497 e. The van der Waals surface area contributed by atoms with E-state index in [0.717, 1.165) is 11.3 Å².